The van der Waals surface area contributed by atoms with E-state index in [0.717, 1.165) is 27.5 Å². The number of amidine groups is 1. The lowest BCUT2D eigenvalue weighted by molar-refractivity contribution is -0.119. The molecule has 0 spiro atoms. The lowest BCUT2D eigenvalue weighted by Crippen LogP contribution is -2.20. The molecule has 0 heterocycles. The van der Waals surface area contributed by atoms with E-state index in [1.807, 2.05) is 26.0 Å². The molecule has 34 heavy (non-hydrogen) atoms. The number of hydrogen-bond donors (Lipinski definition) is 2. The first-order valence-electron chi connectivity index (χ1n) is 10.3. The quantitative estimate of drug-likeness (QED) is 0.207. The van der Waals surface area contributed by atoms with Crippen LogP contribution in [0.25, 0.3) is 0 Å². The predicted octanol–water partition coefficient (Wildman–Crippen LogP) is 3.88. The van der Waals surface area contributed by atoms with Gasteiger partial charge in [-0.15, -0.1) is 0 Å². The molecule has 176 valence electrons. The molecule has 0 saturated heterocycles. The molecule has 0 saturated carbocycles. The summed E-state index contributed by atoms with van der Waals surface area (Å²) in [5.74, 6) is -0.0589. The van der Waals surface area contributed by atoms with Crippen LogP contribution in [-0.4, -0.2) is 24.3 Å². The van der Waals surface area contributed by atoms with Gasteiger partial charge in [-0.1, -0.05) is 28.9 Å². The van der Waals surface area contributed by atoms with Gasteiger partial charge >= 0.3 is 5.97 Å². The molecule has 0 aromatic heterocycles. The number of rotatable bonds is 9. The zero-order valence-corrected chi connectivity index (χ0v) is 19.5. The fourth-order valence-electron chi connectivity index (χ4n) is 2.97. The number of carbonyl (C=O) groups is 2. The van der Waals surface area contributed by atoms with E-state index in [9.17, 15) is 9.59 Å². The van der Waals surface area contributed by atoms with Gasteiger partial charge in [0.05, 0.1) is 5.56 Å². The number of amides is 1. The Bertz CT molecular complexity index is 1190. The molecule has 3 aromatic carbocycles. The Labute approximate surface area is 202 Å². The van der Waals surface area contributed by atoms with E-state index in [-0.39, 0.29) is 12.4 Å². The van der Waals surface area contributed by atoms with Gasteiger partial charge in [-0.05, 0) is 79.1 Å². The Kier molecular flexibility index (Phi) is 8.10. The van der Waals surface area contributed by atoms with Crippen LogP contribution in [0.1, 0.15) is 32.6 Å². The van der Waals surface area contributed by atoms with Crippen molar-refractivity contribution in [3.63, 3.8) is 0 Å². The van der Waals surface area contributed by atoms with Gasteiger partial charge in [-0.25, -0.2) is 4.79 Å². The highest BCUT2D eigenvalue weighted by molar-refractivity contribution is 6.32. The van der Waals surface area contributed by atoms with Gasteiger partial charge in [0.1, 0.15) is 18.1 Å². The molecule has 9 heteroatoms. The summed E-state index contributed by atoms with van der Waals surface area (Å²) in [4.78, 5) is 28.0. The molecular formula is C25H24ClN3O5. The average molecular weight is 482 g/mol. The number of ether oxygens (including phenoxy) is 2. The number of oxime groups is 1. The smallest absolute Gasteiger partial charge is 0.365 e. The first kappa shape index (κ1) is 24.6. The van der Waals surface area contributed by atoms with Crippen LogP contribution in [-0.2, 0) is 16.2 Å². The highest BCUT2D eigenvalue weighted by Gasteiger charge is 2.09. The van der Waals surface area contributed by atoms with Crippen molar-refractivity contribution in [2.75, 3.05) is 6.61 Å². The van der Waals surface area contributed by atoms with E-state index in [2.05, 4.69) is 5.16 Å². The first-order valence-corrected chi connectivity index (χ1v) is 10.7. The zero-order valence-electron chi connectivity index (χ0n) is 18.7. The van der Waals surface area contributed by atoms with Crippen molar-refractivity contribution in [2.24, 2.45) is 16.6 Å². The molecule has 0 aliphatic rings. The van der Waals surface area contributed by atoms with E-state index in [1.54, 1.807) is 48.5 Å². The van der Waals surface area contributed by atoms with Crippen molar-refractivity contribution in [1.29, 1.82) is 0 Å². The maximum atomic E-state index is 12.3. The Morgan fingerprint density at radius 2 is 1.44 bits per heavy atom. The van der Waals surface area contributed by atoms with Gasteiger partial charge in [0.15, 0.2) is 12.4 Å². The van der Waals surface area contributed by atoms with Crippen molar-refractivity contribution in [2.45, 2.75) is 20.5 Å². The summed E-state index contributed by atoms with van der Waals surface area (Å²) in [5.41, 5.74) is 14.5. The molecule has 0 fully saturated rings. The van der Waals surface area contributed by atoms with Crippen LogP contribution in [0, 0.1) is 13.8 Å². The standard InChI is InChI=1S/C25H24ClN3O5/c1-15-11-21(12-16(2)23(15)26)32-13-17-3-5-19(6-4-17)25(31)34-29-24(28)18-7-9-20(10-8-18)33-14-22(27)30/h3-12H,13-14H2,1-2H3,(H2,27,30)(H2,28,29). The second-order valence-electron chi connectivity index (χ2n) is 7.49. The molecular weight excluding hydrogens is 458 g/mol. The van der Waals surface area contributed by atoms with Gasteiger partial charge in [0.2, 0.25) is 0 Å². The van der Waals surface area contributed by atoms with Crippen molar-refractivity contribution in [3.05, 3.63) is 93.5 Å². The minimum absolute atomic E-state index is 0.00775. The molecule has 3 aromatic rings. The van der Waals surface area contributed by atoms with E-state index in [1.165, 1.54) is 0 Å². The molecule has 0 aliphatic carbocycles. The van der Waals surface area contributed by atoms with Crippen LogP contribution in [0.3, 0.4) is 0 Å². The second kappa shape index (κ2) is 11.2. The number of nitrogens with two attached hydrogens (primary N) is 2. The van der Waals surface area contributed by atoms with Gasteiger partial charge < -0.3 is 25.8 Å². The first-order chi connectivity index (χ1) is 16.2. The van der Waals surface area contributed by atoms with Crippen LogP contribution >= 0.6 is 11.6 Å². The number of benzene rings is 3. The van der Waals surface area contributed by atoms with Crippen molar-refractivity contribution >= 4 is 29.3 Å². The summed E-state index contributed by atoms with van der Waals surface area (Å²) in [6, 6.07) is 16.9. The molecule has 4 N–H and O–H groups in total. The number of hydrogen-bond acceptors (Lipinski definition) is 6. The predicted molar refractivity (Wildman–Crippen MR) is 129 cm³/mol. The number of halogens is 1. The van der Waals surface area contributed by atoms with Gasteiger partial charge in [-0.3, -0.25) is 4.79 Å². The number of primary amides is 1. The van der Waals surface area contributed by atoms with Crippen molar-refractivity contribution in [3.8, 4) is 11.5 Å². The van der Waals surface area contributed by atoms with Crippen LogP contribution in [0.15, 0.2) is 65.8 Å². The van der Waals surface area contributed by atoms with E-state index in [4.69, 9.17) is 37.4 Å². The fraction of sp³-hybridized carbons (Fsp3) is 0.160. The second-order valence-corrected chi connectivity index (χ2v) is 7.87. The lowest BCUT2D eigenvalue weighted by Gasteiger charge is -2.10. The minimum atomic E-state index is -0.652. The maximum absolute atomic E-state index is 12.3. The molecule has 3 rings (SSSR count). The van der Waals surface area contributed by atoms with Crippen molar-refractivity contribution in [1.82, 2.24) is 0 Å². The largest absolute Gasteiger partial charge is 0.489 e. The summed E-state index contributed by atoms with van der Waals surface area (Å²) >= 11 is 6.19. The van der Waals surface area contributed by atoms with E-state index in [0.29, 0.717) is 23.5 Å². The fourth-order valence-corrected chi connectivity index (χ4v) is 3.07. The van der Waals surface area contributed by atoms with Crippen LogP contribution in [0.5, 0.6) is 11.5 Å². The summed E-state index contributed by atoms with van der Waals surface area (Å²) in [5, 5.41) is 4.42. The molecule has 0 aliphatic heterocycles. The molecule has 0 atom stereocenters. The monoisotopic (exact) mass is 481 g/mol. The third-order valence-electron chi connectivity index (χ3n) is 4.76. The minimum Gasteiger partial charge on any atom is -0.489 e. The molecule has 0 radical (unpaired) electrons. The Balaban J connectivity index is 1.55. The highest BCUT2D eigenvalue weighted by Crippen LogP contribution is 2.26. The highest BCUT2D eigenvalue weighted by atomic mass is 35.5. The summed E-state index contributed by atoms with van der Waals surface area (Å²) in [6.07, 6.45) is 0. The topological polar surface area (TPSA) is 126 Å². The molecule has 0 bridgehead atoms. The molecule has 0 unspecified atom stereocenters. The number of carbonyl (C=O) groups excluding carboxylic acids is 2. The van der Waals surface area contributed by atoms with Crippen LogP contribution in [0.4, 0.5) is 0 Å². The third-order valence-corrected chi connectivity index (χ3v) is 5.36. The average Bonchev–Trinajstić information content (AvgIpc) is 2.83. The summed E-state index contributed by atoms with van der Waals surface area (Å²) < 4.78 is 11.0. The van der Waals surface area contributed by atoms with E-state index < -0.39 is 11.9 Å². The van der Waals surface area contributed by atoms with Gasteiger partial charge in [0, 0.05) is 10.6 Å². The lowest BCUT2D eigenvalue weighted by atomic mass is 10.1. The summed E-state index contributed by atoms with van der Waals surface area (Å²) in [7, 11) is 0. The van der Waals surface area contributed by atoms with Crippen molar-refractivity contribution < 1.29 is 23.9 Å². The van der Waals surface area contributed by atoms with E-state index >= 15 is 0 Å². The maximum Gasteiger partial charge on any atom is 0.365 e. The van der Waals surface area contributed by atoms with Crippen LogP contribution < -0.4 is 20.9 Å². The SMILES string of the molecule is Cc1cc(OCc2ccc(C(=O)O/N=C(\N)c3ccc(OCC(N)=O)cc3)cc2)cc(C)c1Cl. The van der Waals surface area contributed by atoms with Crippen LogP contribution in [0.2, 0.25) is 5.02 Å². The Morgan fingerprint density at radius 1 is 0.853 bits per heavy atom. The molecule has 8 nitrogen and oxygen atoms in total. The third kappa shape index (κ3) is 6.73. The van der Waals surface area contributed by atoms with Gasteiger partial charge in [-0.2, -0.15) is 0 Å². The number of nitrogens with zero attached hydrogens (tertiary/aromatic N) is 1. The Morgan fingerprint density at radius 3 is 2.03 bits per heavy atom. The summed E-state index contributed by atoms with van der Waals surface area (Å²) in [6.45, 7) is 3.95. The van der Waals surface area contributed by atoms with Gasteiger partial charge in [0.25, 0.3) is 5.91 Å². The normalized spacial score (nSPS) is 11.1. The molecule has 1 amide bonds. The zero-order chi connectivity index (χ0) is 24.7. The Hall–Kier alpha value is -4.04. The number of aryl methyl sites for hydroxylation is 2.